The summed E-state index contributed by atoms with van der Waals surface area (Å²) in [7, 11) is 1.74. The van der Waals surface area contributed by atoms with Crippen LogP contribution in [0.15, 0.2) is 47.6 Å². The summed E-state index contributed by atoms with van der Waals surface area (Å²) in [6, 6.07) is 9.58. The van der Waals surface area contributed by atoms with Crippen LogP contribution in [0.3, 0.4) is 0 Å². The average Bonchev–Trinajstić information content (AvgIpc) is 2.69. The minimum absolute atomic E-state index is 0.302. The molecule has 0 saturated heterocycles. The van der Waals surface area contributed by atoms with Crippen LogP contribution in [0.2, 0.25) is 0 Å². The molecule has 0 saturated carbocycles. The van der Waals surface area contributed by atoms with Crippen LogP contribution in [0, 0.1) is 11.7 Å². The van der Waals surface area contributed by atoms with Crippen molar-refractivity contribution in [3.8, 4) is 11.6 Å². The van der Waals surface area contributed by atoms with Crippen molar-refractivity contribution in [1.29, 1.82) is 0 Å². The van der Waals surface area contributed by atoms with Crippen molar-refractivity contribution in [2.45, 2.75) is 26.8 Å². The second-order valence-corrected chi connectivity index (χ2v) is 6.73. The van der Waals surface area contributed by atoms with Gasteiger partial charge in [0.05, 0.1) is 0 Å². The Bertz CT molecular complexity index is 735. The number of guanidine groups is 1. The number of aromatic nitrogens is 1. The third kappa shape index (κ3) is 8.35. The predicted octanol–water partition coefficient (Wildman–Crippen LogP) is 3.74. The fourth-order valence-electron chi connectivity index (χ4n) is 2.35. The predicted molar refractivity (Wildman–Crippen MR) is 109 cm³/mol. The fraction of sp³-hybridized carbons (Fsp3) is 0.429. The molecule has 0 aliphatic heterocycles. The molecule has 0 radical (unpaired) electrons. The molecule has 152 valence electrons. The lowest BCUT2D eigenvalue weighted by atomic mass is 10.2. The first-order valence-corrected chi connectivity index (χ1v) is 9.47. The highest BCUT2D eigenvalue weighted by atomic mass is 19.1. The third-order valence-electron chi connectivity index (χ3n) is 3.73. The number of rotatable bonds is 10. The molecule has 2 N–H and O–H groups in total. The molecule has 0 bridgehead atoms. The van der Waals surface area contributed by atoms with Crippen LogP contribution in [0.5, 0.6) is 11.6 Å². The molecule has 28 heavy (non-hydrogen) atoms. The van der Waals surface area contributed by atoms with E-state index in [2.05, 4.69) is 34.5 Å². The van der Waals surface area contributed by atoms with E-state index in [-0.39, 0.29) is 5.82 Å². The zero-order valence-corrected chi connectivity index (χ0v) is 16.7. The lowest BCUT2D eigenvalue weighted by Crippen LogP contribution is -2.37. The van der Waals surface area contributed by atoms with E-state index in [4.69, 9.17) is 9.47 Å². The number of nitrogens with one attached hydrogen (secondary N) is 2. The van der Waals surface area contributed by atoms with Crippen LogP contribution in [0.25, 0.3) is 0 Å². The second-order valence-electron chi connectivity index (χ2n) is 6.73. The van der Waals surface area contributed by atoms with Gasteiger partial charge in [0.2, 0.25) is 5.88 Å². The summed E-state index contributed by atoms with van der Waals surface area (Å²) in [4.78, 5) is 8.41. The first-order valence-electron chi connectivity index (χ1n) is 9.47. The third-order valence-corrected chi connectivity index (χ3v) is 3.73. The van der Waals surface area contributed by atoms with Gasteiger partial charge in [0.25, 0.3) is 0 Å². The molecule has 1 aromatic heterocycles. The Morgan fingerprint density at radius 1 is 1.18 bits per heavy atom. The van der Waals surface area contributed by atoms with Crippen LogP contribution in [0.4, 0.5) is 4.39 Å². The molecule has 0 fully saturated rings. The second kappa shape index (κ2) is 11.9. The number of ether oxygens (including phenoxy) is 2. The lowest BCUT2D eigenvalue weighted by Gasteiger charge is -2.13. The maximum atomic E-state index is 13.0. The minimum atomic E-state index is -0.302. The Kier molecular flexibility index (Phi) is 9.21. The summed E-state index contributed by atoms with van der Waals surface area (Å²) in [5.74, 6) is 1.97. The quantitative estimate of drug-likeness (QED) is 0.369. The molecule has 0 amide bonds. The number of nitrogens with zero attached hydrogens (tertiary/aromatic N) is 2. The van der Waals surface area contributed by atoms with E-state index >= 15 is 0 Å². The Morgan fingerprint density at radius 3 is 2.68 bits per heavy atom. The van der Waals surface area contributed by atoms with Crippen molar-refractivity contribution in [2.24, 2.45) is 10.9 Å². The maximum Gasteiger partial charge on any atom is 0.219 e. The average molecular weight is 388 g/mol. The van der Waals surface area contributed by atoms with Gasteiger partial charge in [0.1, 0.15) is 11.6 Å². The molecule has 0 spiro atoms. The monoisotopic (exact) mass is 388 g/mol. The lowest BCUT2D eigenvalue weighted by molar-refractivity contribution is 0.108. The highest BCUT2D eigenvalue weighted by molar-refractivity contribution is 5.79. The van der Waals surface area contributed by atoms with Crippen molar-refractivity contribution in [3.63, 3.8) is 0 Å². The van der Waals surface area contributed by atoms with Crippen LogP contribution < -0.4 is 15.4 Å². The molecular formula is C21H29FN4O2. The molecule has 6 nitrogen and oxygen atoms in total. The van der Waals surface area contributed by atoms with E-state index in [9.17, 15) is 4.39 Å². The molecule has 0 aliphatic rings. The number of hydrogen-bond donors (Lipinski definition) is 2. The van der Waals surface area contributed by atoms with Crippen LogP contribution >= 0.6 is 0 Å². The molecule has 7 heteroatoms. The molecule has 0 aliphatic carbocycles. The van der Waals surface area contributed by atoms with Crippen LogP contribution in [-0.2, 0) is 11.3 Å². The molecule has 1 heterocycles. The molecule has 0 atom stereocenters. The standard InChI is InChI=1S/C21H29FN4O2/c1-16(2)15-27-12-4-10-25-21(23-3)26-14-17-9-11-24-20(13-17)28-19-7-5-18(22)6-8-19/h5-9,11,13,16H,4,10,12,14-15H2,1-3H3,(H2,23,25,26). The van der Waals surface area contributed by atoms with Crippen molar-refractivity contribution >= 4 is 5.96 Å². The van der Waals surface area contributed by atoms with Gasteiger partial charge >= 0.3 is 0 Å². The topological polar surface area (TPSA) is 67.8 Å². The van der Waals surface area contributed by atoms with E-state index in [1.54, 1.807) is 25.4 Å². The first kappa shape index (κ1) is 21.6. The highest BCUT2D eigenvalue weighted by Gasteiger charge is 2.03. The van der Waals surface area contributed by atoms with E-state index < -0.39 is 0 Å². The molecular weight excluding hydrogens is 359 g/mol. The van der Waals surface area contributed by atoms with Crippen LogP contribution in [0.1, 0.15) is 25.8 Å². The summed E-state index contributed by atoms with van der Waals surface area (Å²) in [5, 5.41) is 6.52. The minimum Gasteiger partial charge on any atom is -0.439 e. The van der Waals surface area contributed by atoms with Gasteiger partial charge in [-0.3, -0.25) is 4.99 Å². The van der Waals surface area contributed by atoms with Gasteiger partial charge in [-0.1, -0.05) is 13.8 Å². The summed E-state index contributed by atoms with van der Waals surface area (Å²) < 4.78 is 24.2. The van der Waals surface area contributed by atoms with Gasteiger partial charge in [-0.05, 0) is 48.2 Å². The van der Waals surface area contributed by atoms with Crippen LogP contribution in [-0.4, -0.2) is 37.7 Å². The Morgan fingerprint density at radius 2 is 1.96 bits per heavy atom. The molecule has 2 aromatic rings. The first-order chi connectivity index (χ1) is 13.6. The maximum absolute atomic E-state index is 13.0. The van der Waals surface area contributed by atoms with Gasteiger partial charge < -0.3 is 20.1 Å². The molecule has 1 aromatic carbocycles. The normalized spacial score (nSPS) is 11.5. The largest absolute Gasteiger partial charge is 0.439 e. The fourth-order valence-corrected chi connectivity index (χ4v) is 2.35. The van der Waals surface area contributed by atoms with Gasteiger partial charge in [-0.25, -0.2) is 9.37 Å². The van der Waals surface area contributed by atoms with Gasteiger partial charge in [-0.2, -0.15) is 0 Å². The number of halogens is 1. The Balaban J connectivity index is 1.75. The number of benzene rings is 1. The number of pyridine rings is 1. The Hall–Kier alpha value is -2.67. The summed E-state index contributed by atoms with van der Waals surface area (Å²) in [5.41, 5.74) is 0.996. The van der Waals surface area contributed by atoms with E-state index in [1.165, 1.54) is 12.1 Å². The Labute approximate surface area is 166 Å². The summed E-state index contributed by atoms with van der Waals surface area (Å²) in [6.45, 7) is 7.16. The SMILES string of the molecule is CN=C(NCCCOCC(C)C)NCc1ccnc(Oc2ccc(F)cc2)c1. The summed E-state index contributed by atoms with van der Waals surface area (Å²) in [6.07, 6.45) is 2.59. The summed E-state index contributed by atoms with van der Waals surface area (Å²) >= 11 is 0. The van der Waals surface area contributed by atoms with E-state index in [0.717, 1.165) is 37.7 Å². The highest BCUT2D eigenvalue weighted by Crippen LogP contribution is 2.20. The van der Waals surface area contributed by atoms with Crippen molar-refractivity contribution in [1.82, 2.24) is 15.6 Å². The van der Waals surface area contributed by atoms with Crippen molar-refractivity contribution < 1.29 is 13.9 Å². The van der Waals surface area contributed by atoms with Crippen molar-refractivity contribution in [2.75, 3.05) is 26.8 Å². The smallest absolute Gasteiger partial charge is 0.219 e. The van der Waals surface area contributed by atoms with E-state index in [1.807, 2.05) is 12.1 Å². The van der Waals surface area contributed by atoms with Gasteiger partial charge in [0.15, 0.2) is 5.96 Å². The van der Waals surface area contributed by atoms with Gasteiger partial charge in [-0.15, -0.1) is 0 Å². The zero-order valence-electron chi connectivity index (χ0n) is 16.7. The molecule has 0 unspecified atom stereocenters. The molecule has 2 rings (SSSR count). The van der Waals surface area contributed by atoms with Gasteiger partial charge in [0, 0.05) is 45.6 Å². The van der Waals surface area contributed by atoms with E-state index in [0.29, 0.717) is 24.1 Å². The zero-order chi connectivity index (χ0) is 20.2. The number of hydrogen-bond acceptors (Lipinski definition) is 4. The number of aliphatic imine (C=N–C) groups is 1. The van der Waals surface area contributed by atoms with Crippen molar-refractivity contribution in [3.05, 3.63) is 54.0 Å².